The molecule has 1 saturated heterocycles. The zero-order valence-electron chi connectivity index (χ0n) is 13.6. The number of anilines is 2. The zero-order valence-corrected chi connectivity index (χ0v) is 13.6. The van der Waals surface area contributed by atoms with Crippen molar-refractivity contribution >= 4 is 11.8 Å². The summed E-state index contributed by atoms with van der Waals surface area (Å²) in [5, 5.41) is 3.32. The highest BCUT2D eigenvalue weighted by atomic mass is 19.1. The zero-order chi connectivity index (χ0) is 16.1. The number of aromatic nitrogens is 2. The lowest BCUT2D eigenvalue weighted by atomic mass is 10.2. The van der Waals surface area contributed by atoms with E-state index < -0.39 is 0 Å². The second kappa shape index (κ2) is 7.40. The van der Waals surface area contributed by atoms with Crippen LogP contribution in [0.1, 0.15) is 36.9 Å². The second-order valence-corrected chi connectivity index (χ2v) is 6.08. The molecule has 1 aliphatic heterocycles. The Morgan fingerprint density at radius 1 is 1.04 bits per heavy atom. The topological polar surface area (TPSA) is 41.1 Å². The minimum absolute atomic E-state index is 0.213. The molecule has 1 N–H and O–H groups in total. The number of rotatable bonds is 4. The molecule has 2 heterocycles. The van der Waals surface area contributed by atoms with Crippen molar-refractivity contribution in [2.75, 3.05) is 23.3 Å². The molecule has 122 valence electrons. The molecule has 1 fully saturated rings. The van der Waals surface area contributed by atoms with Gasteiger partial charge >= 0.3 is 0 Å². The molecule has 3 rings (SSSR count). The van der Waals surface area contributed by atoms with E-state index in [1.807, 2.05) is 13.0 Å². The van der Waals surface area contributed by atoms with Gasteiger partial charge in [0.05, 0.1) is 0 Å². The molecule has 0 bridgehead atoms. The number of nitrogens with one attached hydrogen (secondary N) is 1. The maximum absolute atomic E-state index is 12.9. The third kappa shape index (κ3) is 4.41. The fourth-order valence-electron chi connectivity index (χ4n) is 2.85. The van der Waals surface area contributed by atoms with Gasteiger partial charge < -0.3 is 10.2 Å². The number of benzene rings is 1. The predicted octanol–water partition coefficient (Wildman–Crippen LogP) is 3.92. The molecule has 0 radical (unpaired) electrons. The Bertz CT molecular complexity index is 634. The monoisotopic (exact) mass is 314 g/mol. The van der Waals surface area contributed by atoms with E-state index in [1.54, 1.807) is 12.1 Å². The van der Waals surface area contributed by atoms with Gasteiger partial charge in [0.25, 0.3) is 0 Å². The SMILES string of the molecule is Cc1cc(NCc2ccc(F)cc2)nc(N2CCCCCC2)n1. The van der Waals surface area contributed by atoms with Crippen LogP contribution in [0.4, 0.5) is 16.2 Å². The third-order valence-electron chi connectivity index (χ3n) is 4.12. The highest BCUT2D eigenvalue weighted by Gasteiger charge is 2.13. The van der Waals surface area contributed by atoms with E-state index in [-0.39, 0.29) is 5.82 Å². The molecule has 5 heteroatoms. The van der Waals surface area contributed by atoms with Crippen LogP contribution in [-0.2, 0) is 6.54 Å². The van der Waals surface area contributed by atoms with Crippen LogP contribution in [0.25, 0.3) is 0 Å². The molecule has 0 aliphatic carbocycles. The summed E-state index contributed by atoms with van der Waals surface area (Å²) in [5.41, 5.74) is 1.99. The molecule has 0 atom stereocenters. The van der Waals surface area contributed by atoms with E-state index in [0.717, 1.165) is 36.1 Å². The van der Waals surface area contributed by atoms with Crippen LogP contribution in [0.2, 0.25) is 0 Å². The summed E-state index contributed by atoms with van der Waals surface area (Å²) in [7, 11) is 0. The molecule has 0 amide bonds. The van der Waals surface area contributed by atoms with Gasteiger partial charge in [0, 0.05) is 31.4 Å². The van der Waals surface area contributed by atoms with Crippen LogP contribution >= 0.6 is 0 Å². The van der Waals surface area contributed by atoms with Crippen LogP contribution in [0.3, 0.4) is 0 Å². The summed E-state index contributed by atoms with van der Waals surface area (Å²) in [4.78, 5) is 11.5. The number of hydrogen-bond acceptors (Lipinski definition) is 4. The van der Waals surface area contributed by atoms with Crippen LogP contribution in [0.15, 0.2) is 30.3 Å². The average molecular weight is 314 g/mol. The lowest BCUT2D eigenvalue weighted by Crippen LogP contribution is -2.26. The molecular weight excluding hydrogens is 291 g/mol. The Hall–Kier alpha value is -2.17. The van der Waals surface area contributed by atoms with E-state index in [1.165, 1.54) is 37.8 Å². The Kier molecular flexibility index (Phi) is 5.05. The number of hydrogen-bond donors (Lipinski definition) is 1. The number of aryl methyl sites for hydroxylation is 1. The van der Waals surface area contributed by atoms with Crippen molar-refractivity contribution in [3.8, 4) is 0 Å². The number of nitrogens with zero attached hydrogens (tertiary/aromatic N) is 3. The van der Waals surface area contributed by atoms with Crippen molar-refractivity contribution < 1.29 is 4.39 Å². The normalized spacial score (nSPS) is 15.3. The van der Waals surface area contributed by atoms with Crippen molar-refractivity contribution in [3.05, 3.63) is 47.4 Å². The number of halogens is 1. The Balaban J connectivity index is 1.70. The Morgan fingerprint density at radius 3 is 2.43 bits per heavy atom. The summed E-state index contributed by atoms with van der Waals surface area (Å²) in [6.45, 7) is 4.67. The average Bonchev–Trinajstić information content (AvgIpc) is 2.83. The highest BCUT2D eigenvalue weighted by Crippen LogP contribution is 2.18. The first-order chi connectivity index (χ1) is 11.2. The van der Waals surface area contributed by atoms with Crippen molar-refractivity contribution in [2.45, 2.75) is 39.2 Å². The Labute approximate surface area is 136 Å². The quantitative estimate of drug-likeness (QED) is 0.929. The van der Waals surface area contributed by atoms with E-state index in [0.29, 0.717) is 6.54 Å². The third-order valence-corrected chi connectivity index (χ3v) is 4.12. The minimum atomic E-state index is -0.213. The fraction of sp³-hybridized carbons (Fsp3) is 0.444. The predicted molar refractivity (Wildman–Crippen MR) is 91.2 cm³/mol. The van der Waals surface area contributed by atoms with Crippen molar-refractivity contribution in [3.63, 3.8) is 0 Å². The van der Waals surface area contributed by atoms with Gasteiger partial charge in [-0.1, -0.05) is 25.0 Å². The van der Waals surface area contributed by atoms with Crippen molar-refractivity contribution in [1.29, 1.82) is 0 Å². The highest BCUT2D eigenvalue weighted by molar-refractivity contribution is 5.44. The summed E-state index contributed by atoms with van der Waals surface area (Å²) in [6.07, 6.45) is 4.99. The van der Waals surface area contributed by atoms with Gasteiger partial charge in [0.1, 0.15) is 11.6 Å². The lowest BCUT2D eigenvalue weighted by Gasteiger charge is -2.21. The molecule has 1 aliphatic rings. The van der Waals surface area contributed by atoms with Gasteiger partial charge in [0.2, 0.25) is 5.95 Å². The summed E-state index contributed by atoms with van der Waals surface area (Å²) in [5.74, 6) is 1.42. The smallest absolute Gasteiger partial charge is 0.227 e. The van der Waals surface area contributed by atoms with Crippen LogP contribution in [0.5, 0.6) is 0 Å². The van der Waals surface area contributed by atoms with E-state index in [9.17, 15) is 4.39 Å². The molecule has 1 aromatic carbocycles. The fourth-order valence-corrected chi connectivity index (χ4v) is 2.85. The molecule has 0 spiro atoms. The van der Waals surface area contributed by atoms with Crippen LogP contribution in [-0.4, -0.2) is 23.1 Å². The first-order valence-corrected chi connectivity index (χ1v) is 8.30. The van der Waals surface area contributed by atoms with E-state index >= 15 is 0 Å². The maximum Gasteiger partial charge on any atom is 0.227 e. The van der Waals surface area contributed by atoms with Crippen molar-refractivity contribution in [2.24, 2.45) is 0 Å². The lowest BCUT2D eigenvalue weighted by molar-refractivity contribution is 0.627. The molecule has 4 nitrogen and oxygen atoms in total. The van der Waals surface area contributed by atoms with Gasteiger partial charge in [-0.3, -0.25) is 0 Å². The molecule has 0 unspecified atom stereocenters. The largest absolute Gasteiger partial charge is 0.366 e. The summed E-state index contributed by atoms with van der Waals surface area (Å²) >= 11 is 0. The van der Waals surface area contributed by atoms with E-state index in [2.05, 4.69) is 20.2 Å². The second-order valence-electron chi connectivity index (χ2n) is 6.08. The van der Waals surface area contributed by atoms with Gasteiger partial charge in [-0.2, -0.15) is 4.98 Å². The standard InChI is InChI=1S/C18H23FN4/c1-14-12-17(20-13-15-6-8-16(19)9-7-15)22-18(21-14)23-10-4-2-3-5-11-23/h6-9,12H,2-5,10-11,13H2,1H3,(H,20,21,22). The Morgan fingerprint density at radius 2 is 1.74 bits per heavy atom. The molecule has 23 heavy (non-hydrogen) atoms. The van der Waals surface area contributed by atoms with Crippen molar-refractivity contribution in [1.82, 2.24) is 9.97 Å². The molecule has 2 aromatic rings. The first-order valence-electron chi connectivity index (χ1n) is 8.30. The van der Waals surface area contributed by atoms with Crippen LogP contribution in [0, 0.1) is 12.7 Å². The molecular formula is C18H23FN4. The van der Waals surface area contributed by atoms with Gasteiger partial charge in [0.15, 0.2) is 0 Å². The van der Waals surface area contributed by atoms with Gasteiger partial charge in [-0.25, -0.2) is 9.37 Å². The molecule has 0 saturated carbocycles. The maximum atomic E-state index is 12.9. The van der Waals surface area contributed by atoms with Crippen LogP contribution < -0.4 is 10.2 Å². The first kappa shape index (κ1) is 15.7. The van der Waals surface area contributed by atoms with Gasteiger partial charge in [-0.15, -0.1) is 0 Å². The summed E-state index contributed by atoms with van der Waals surface area (Å²) in [6, 6.07) is 8.47. The molecule has 1 aromatic heterocycles. The summed E-state index contributed by atoms with van der Waals surface area (Å²) < 4.78 is 12.9. The van der Waals surface area contributed by atoms with E-state index in [4.69, 9.17) is 0 Å². The van der Waals surface area contributed by atoms with Gasteiger partial charge in [-0.05, 0) is 37.5 Å². The minimum Gasteiger partial charge on any atom is -0.366 e.